The number of aliphatic hydroxyl groups excluding tert-OH is 9. The van der Waals surface area contributed by atoms with E-state index < -0.39 is 36.6 Å². The predicted octanol–water partition coefficient (Wildman–Crippen LogP) is 15.3. The molecular weight excluding hydrogens is 1120 g/mol. The van der Waals surface area contributed by atoms with Crippen molar-refractivity contribution in [2.75, 3.05) is 0 Å². The molecule has 0 spiro atoms. The first-order valence-electron chi connectivity index (χ1n) is 36.3. The van der Waals surface area contributed by atoms with Crippen LogP contribution in [0.25, 0.3) is 0 Å². The molecule has 0 aliphatic heterocycles. The van der Waals surface area contributed by atoms with Crippen LogP contribution in [0.1, 0.15) is 215 Å². The standard InChI is InChI=1S/3C27H40O3/c3*1-17(6-13-25(29)20-8-9-20)23-11-12-24-19(5-4-14-27(23,24)3)7-10-21-15-22(28)16-26(30)18(21)2/h3*6-7,10,13,17,20,22-26,28-30H,2,4-5,8-9,11-12,14-16H2,1,3H3. The van der Waals surface area contributed by atoms with E-state index in [4.69, 9.17) is 0 Å². The molecule has 498 valence electrons. The number of hydrogen-bond donors (Lipinski definition) is 9. The zero-order chi connectivity index (χ0) is 64.4. The summed E-state index contributed by atoms with van der Waals surface area (Å²) in [5, 5.41) is 91.2. The van der Waals surface area contributed by atoms with Crippen LogP contribution in [0.15, 0.2) is 143 Å². The van der Waals surface area contributed by atoms with Gasteiger partial charge in [0.05, 0.1) is 54.9 Å². The summed E-state index contributed by atoms with van der Waals surface area (Å²) >= 11 is 0. The molecule has 0 saturated heterocycles. The number of aliphatic hydroxyl groups is 9. The van der Waals surface area contributed by atoms with Crippen molar-refractivity contribution in [2.45, 2.75) is 270 Å². The second-order valence-electron chi connectivity index (χ2n) is 32.2. The van der Waals surface area contributed by atoms with E-state index in [0.717, 1.165) is 52.7 Å². The summed E-state index contributed by atoms with van der Waals surface area (Å²) < 4.78 is 0. The van der Waals surface area contributed by atoms with Gasteiger partial charge < -0.3 is 46.0 Å². The summed E-state index contributed by atoms with van der Waals surface area (Å²) in [6, 6.07) is 0. The molecule has 21 atom stereocenters. The Morgan fingerprint density at radius 3 is 0.867 bits per heavy atom. The number of rotatable bonds is 15. The maximum absolute atomic E-state index is 10.2. The molecule has 12 aliphatic rings. The minimum atomic E-state index is -0.621. The van der Waals surface area contributed by atoms with E-state index in [0.29, 0.717) is 126 Å². The first kappa shape index (κ1) is 69.4. The van der Waals surface area contributed by atoms with Gasteiger partial charge in [-0.2, -0.15) is 0 Å². The van der Waals surface area contributed by atoms with Gasteiger partial charge in [0.15, 0.2) is 0 Å². The average molecular weight is 1240 g/mol. The molecular formula is C81H120O9. The summed E-state index contributed by atoms with van der Waals surface area (Å²) in [4.78, 5) is 0. The summed E-state index contributed by atoms with van der Waals surface area (Å²) in [5.74, 6) is 6.83. The fourth-order valence-electron chi connectivity index (χ4n) is 19.9. The van der Waals surface area contributed by atoms with Crippen LogP contribution < -0.4 is 0 Å². The van der Waals surface area contributed by atoms with Gasteiger partial charge in [-0.1, -0.05) is 151 Å². The highest BCUT2D eigenvalue weighted by molar-refractivity contribution is 5.41. The monoisotopic (exact) mass is 1240 g/mol. The Morgan fingerprint density at radius 1 is 0.367 bits per heavy atom. The molecule has 0 aromatic rings. The van der Waals surface area contributed by atoms with E-state index in [1.54, 1.807) is 0 Å². The first-order valence-corrected chi connectivity index (χ1v) is 36.3. The predicted molar refractivity (Wildman–Crippen MR) is 365 cm³/mol. The van der Waals surface area contributed by atoms with Gasteiger partial charge in [0.1, 0.15) is 0 Å². The van der Waals surface area contributed by atoms with Crippen molar-refractivity contribution in [3.8, 4) is 0 Å². The average Bonchev–Trinajstić information content (AvgIpc) is 1.60. The highest BCUT2D eigenvalue weighted by Crippen LogP contribution is 2.62. The molecule has 9 N–H and O–H groups in total. The molecule has 0 radical (unpaired) electrons. The second kappa shape index (κ2) is 29.7. The normalized spacial score (nSPS) is 42.1. The molecule has 21 unspecified atom stereocenters. The topological polar surface area (TPSA) is 182 Å². The highest BCUT2D eigenvalue weighted by atomic mass is 16.3. The molecule has 12 rings (SSSR count). The third kappa shape index (κ3) is 16.1. The third-order valence-corrected chi connectivity index (χ3v) is 26.0. The Kier molecular flexibility index (Phi) is 22.9. The largest absolute Gasteiger partial charge is 0.393 e. The van der Waals surface area contributed by atoms with E-state index in [9.17, 15) is 46.0 Å². The van der Waals surface area contributed by atoms with Gasteiger partial charge in [-0.3, -0.25) is 0 Å². The molecule has 9 nitrogen and oxygen atoms in total. The molecule has 0 bridgehead atoms. The van der Waals surface area contributed by atoms with E-state index in [1.807, 2.05) is 0 Å². The quantitative estimate of drug-likeness (QED) is 0.0721. The maximum Gasteiger partial charge on any atom is 0.0811 e. The van der Waals surface area contributed by atoms with Gasteiger partial charge in [-0.05, 0) is 275 Å². The summed E-state index contributed by atoms with van der Waals surface area (Å²) in [6.45, 7) is 26.6. The third-order valence-electron chi connectivity index (χ3n) is 26.0. The molecule has 9 heteroatoms. The van der Waals surface area contributed by atoms with Crippen LogP contribution in [0.5, 0.6) is 0 Å². The van der Waals surface area contributed by atoms with Crippen LogP contribution >= 0.6 is 0 Å². The van der Waals surface area contributed by atoms with Gasteiger partial charge >= 0.3 is 0 Å². The number of allylic oxidation sites excluding steroid dienone is 12. The van der Waals surface area contributed by atoms with Crippen LogP contribution in [-0.4, -0.2) is 101 Å². The number of fused-ring (bicyclic) bond motifs is 3. The van der Waals surface area contributed by atoms with Crippen LogP contribution in [0.3, 0.4) is 0 Å². The molecule has 12 fully saturated rings. The zero-order valence-electron chi connectivity index (χ0n) is 56.3. The van der Waals surface area contributed by atoms with E-state index >= 15 is 0 Å². The smallest absolute Gasteiger partial charge is 0.0811 e. The van der Waals surface area contributed by atoms with Crippen LogP contribution in [-0.2, 0) is 0 Å². The summed E-state index contributed by atoms with van der Waals surface area (Å²) in [7, 11) is 0. The molecule has 0 aromatic heterocycles. The molecule has 12 saturated carbocycles. The van der Waals surface area contributed by atoms with Crippen LogP contribution in [0, 0.1) is 87.3 Å². The van der Waals surface area contributed by atoms with E-state index in [1.165, 1.54) is 132 Å². The zero-order valence-corrected chi connectivity index (χ0v) is 56.3. The molecule has 12 aliphatic carbocycles. The van der Waals surface area contributed by atoms with Crippen molar-refractivity contribution in [3.05, 3.63) is 143 Å². The summed E-state index contributed by atoms with van der Waals surface area (Å²) in [5.41, 5.74) is 10.9. The van der Waals surface area contributed by atoms with Gasteiger partial charge in [-0.15, -0.1) is 0 Å². The number of hydrogen-bond acceptors (Lipinski definition) is 9. The van der Waals surface area contributed by atoms with Crippen molar-refractivity contribution >= 4 is 0 Å². The van der Waals surface area contributed by atoms with Crippen molar-refractivity contribution < 1.29 is 46.0 Å². The Hall–Kier alpha value is -3.48. The van der Waals surface area contributed by atoms with Gasteiger partial charge in [-0.25, -0.2) is 0 Å². The van der Waals surface area contributed by atoms with Crippen molar-refractivity contribution in [2.24, 2.45) is 87.3 Å². The van der Waals surface area contributed by atoms with E-state index in [-0.39, 0.29) is 18.3 Å². The lowest BCUT2D eigenvalue weighted by atomic mass is 9.61. The Balaban J connectivity index is 0.000000148. The molecule has 0 aromatic carbocycles. The van der Waals surface area contributed by atoms with Crippen LogP contribution in [0.4, 0.5) is 0 Å². The second-order valence-corrected chi connectivity index (χ2v) is 32.2. The Bertz CT molecular complexity index is 2530. The Morgan fingerprint density at radius 2 is 0.622 bits per heavy atom. The lowest BCUT2D eigenvalue weighted by Gasteiger charge is -2.44. The highest BCUT2D eigenvalue weighted by Gasteiger charge is 2.53. The fourth-order valence-corrected chi connectivity index (χ4v) is 19.9. The van der Waals surface area contributed by atoms with Gasteiger partial charge in [0.25, 0.3) is 0 Å². The fraction of sp³-hybridized carbons (Fsp3) is 0.704. The van der Waals surface area contributed by atoms with Crippen molar-refractivity contribution in [1.29, 1.82) is 0 Å². The Labute approximate surface area is 543 Å². The SMILES string of the molecule is C=C1C(=CC=C2CCCC3(C)C2CCC3C(C)C=CC(O)C2CC2)CC(O)CC1O.C=C1C(=CC=C2CCCC3(C)C2CCC3C(C)C=CC(O)C2CC2)CC(O)CC1O.C=C1C(=CC=C2CCCC3(C)C2CCC3C(C)C=CC(O)C2CC2)CC(O)CC1O. The molecule has 0 heterocycles. The minimum absolute atomic E-state index is 0.250. The molecule has 0 amide bonds. The lowest BCUT2D eigenvalue weighted by Crippen LogP contribution is -2.35. The summed E-state index contributed by atoms with van der Waals surface area (Å²) in [6.07, 6.45) is 50.7. The van der Waals surface area contributed by atoms with Crippen molar-refractivity contribution in [3.63, 3.8) is 0 Å². The van der Waals surface area contributed by atoms with Gasteiger partial charge in [0, 0.05) is 19.3 Å². The lowest BCUT2D eigenvalue weighted by molar-refractivity contribution is 0.0855. The first-order chi connectivity index (χ1) is 42.9. The van der Waals surface area contributed by atoms with Gasteiger partial charge in [0.2, 0.25) is 0 Å². The van der Waals surface area contributed by atoms with Crippen molar-refractivity contribution in [1.82, 2.24) is 0 Å². The maximum atomic E-state index is 10.2. The van der Waals surface area contributed by atoms with E-state index in [2.05, 4.69) is 134 Å². The minimum Gasteiger partial charge on any atom is -0.393 e. The molecule has 90 heavy (non-hydrogen) atoms. The van der Waals surface area contributed by atoms with Crippen LogP contribution in [0.2, 0.25) is 0 Å².